The van der Waals surface area contributed by atoms with Crippen LogP contribution in [0.2, 0.25) is 0 Å². The summed E-state index contributed by atoms with van der Waals surface area (Å²) in [5, 5.41) is 22.0. The van der Waals surface area contributed by atoms with Crippen molar-refractivity contribution in [3.8, 4) is 5.75 Å². The molecule has 1 aromatic heterocycles. The summed E-state index contributed by atoms with van der Waals surface area (Å²) < 4.78 is 5.26. The van der Waals surface area contributed by atoms with Gasteiger partial charge in [-0.1, -0.05) is 0 Å². The maximum absolute atomic E-state index is 10.9. The van der Waals surface area contributed by atoms with E-state index in [4.69, 9.17) is 4.74 Å². The Morgan fingerprint density at radius 1 is 1.53 bits per heavy atom. The minimum Gasteiger partial charge on any atom is -0.478 e. The van der Waals surface area contributed by atoms with Gasteiger partial charge in [0.25, 0.3) is 0 Å². The molecule has 1 aromatic carbocycles. The SMILES string of the molecule is Cn1nnc(COc2ccc(C=O)cc2[N+](=O)[O-])n1. The zero-order valence-electron chi connectivity index (χ0n) is 9.89. The Kier molecular flexibility index (Phi) is 3.46. The first-order chi connectivity index (χ1) is 9.10. The Balaban J connectivity index is 2.19. The first-order valence-electron chi connectivity index (χ1n) is 5.19. The van der Waals surface area contributed by atoms with Gasteiger partial charge in [0.15, 0.2) is 12.4 Å². The van der Waals surface area contributed by atoms with E-state index >= 15 is 0 Å². The highest BCUT2D eigenvalue weighted by Crippen LogP contribution is 2.27. The van der Waals surface area contributed by atoms with E-state index in [1.807, 2.05) is 0 Å². The second kappa shape index (κ2) is 5.21. The van der Waals surface area contributed by atoms with Gasteiger partial charge in [0.1, 0.15) is 6.29 Å². The summed E-state index contributed by atoms with van der Waals surface area (Å²) in [5.74, 6) is 0.347. The highest BCUT2D eigenvalue weighted by atomic mass is 16.6. The van der Waals surface area contributed by atoms with Crippen molar-refractivity contribution in [3.63, 3.8) is 0 Å². The van der Waals surface area contributed by atoms with Gasteiger partial charge in [-0.3, -0.25) is 14.9 Å². The largest absolute Gasteiger partial charge is 0.478 e. The molecule has 19 heavy (non-hydrogen) atoms. The number of benzene rings is 1. The van der Waals surface area contributed by atoms with Gasteiger partial charge in [0.2, 0.25) is 5.82 Å². The van der Waals surface area contributed by atoms with Gasteiger partial charge in [0.05, 0.1) is 12.0 Å². The maximum atomic E-state index is 10.9. The van der Waals surface area contributed by atoms with Crippen molar-refractivity contribution in [2.45, 2.75) is 6.61 Å². The highest BCUT2D eigenvalue weighted by Gasteiger charge is 2.16. The normalized spacial score (nSPS) is 10.2. The van der Waals surface area contributed by atoms with Crippen molar-refractivity contribution in [1.29, 1.82) is 0 Å². The summed E-state index contributed by atoms with van der Waals surface area (Å²) >= 11 is 0. The Morgan fingerprint density at radius 2 is 2.32 bits per heavy atom. The third-order valence-corrected chi connectivity index (χ3v) is 2.22. The van der Waals surface area contributed by atoms with Crippen LogP contribution in [0.3, 0.4) is 0 Å². The second-order valence-corrected chi connectivity index (χ2v) is 3.59. The minimum absolute atomic E-state index is 0.0445. The van der Waals surface area contributed by atoms with E-state index in [9.17, 15) is 14.9 Å². The molecule has 0 saturated carbocycles. The summed E-state index contributed by atoms with van der Waals surface area (Å²) in [6.07, 6.45) is 0.529. The zero-order valence-corrected chi connectivity index (χ0v) is 9.89. The number of nitrogens with zero attached hydrogens (tertiary/aromatic N) is 5. The Hall–Kier alpha value is -2.84. The fourth-order valence-electron chi connectivity index (χ4n) is 1.40. The first kappa shape index (κ1) is 12.6. The Bertz CT molecular complexity index is 624. The first-order valence-corrected chi connectivity index (χ1v) is 5.19. The number of aldehydes is 1. The Morgan fingerprint density at radius 3 is 2.89 bits per heavy atom. The van der Waals surface area contributed by atoms with Crippen LogP contribution in [0.5, 0.6) is 5.75 Å². The van der Waals surface area contributed by atoms with Crippen molar-refractivity contribution in [2.75, 3.05) is 0 Å². The highest BCUT2D eigenvalue weighted by molar-refractivity contribution is 5.77. The maximum Gasteiger partial charge on any atom is 0.311 e. The molecule has 0 radical (unpaired) electrons. The van der Waals surface area contributed by atoms with E-state index in [2.05, 4.69) is 15.4 Å². The summed E-state index contributed by atoms with van der Waals surface area (Å²) in [7, 11) is 1.60. The van der Waals surface area contributed by atoms with Gasteiger partial charge in [-0.25, -0.2) is 0 Å². The topological polar surface area (TPSA) is 113 Å². The fourth-order valence-corrected chi connectivity index (χ4v) is 1.40. The number of carbonyl (C=O) groups excluding carboxylic acids is 1. The molecule has 1 heterocycles. The van der Waals surface area contributed by atoms with Crippen LogP contribution in [0, 0.1) is 10.1 Å². The van der Waals surface area contributed by atoms with E-state index in [0.29, 0.717) is 12.1 Å². The lowest BCUT2D eigenvalue weighted by molar-refractivity contribution is -0.386. The number of aryl methyl sites for hydroxylation is 1. The molecule has 0 spiro atoms. The lowest BCUT2D eigenvalue weighted by Gasteiger charge is -2.04. The smallest absolute Gasteiger partial charge is 0.311 e. The molecule has 98 valence electrons. The van der Waals surface area contributed by atoms with Gasteiger partial charge in [-0.15, -0.1) is 10.2 Å². The summed E-state index contributed by atoms with van der Waals surface area (Å²) in [6, 6.07) is 3.93. The van der Waals surface area contributed by atoms with Gasteiger partial charge in [-0.05, 0) is 17.3 Å². The molecule has 0 bridgehead atoms. The van der Waals surface area contributed by atoms with Crippen molar-refractivity contribution >= 4 is 12.0 Å². The van der Waals surface area contributed by atoms with Gasteiger partial charge in [-0.2, -0.15) is 4.80 Å². The standard InChI is InChI=1S/C10H9N5O4/c1-14-12-10(11-13-14)6-19-9-3-2-7(5-16)4-8(9)15(17)18/h2-5H,6H2,1H3. The van der Waals surface area contributed by atoms with Gasteiger partial charge >= 0.3 is 5.69 Å². The number of hydrogen-bond acceptors (Lipinski definition) is 7. The number of rotatable bonds is 5. The molecule has 0 unspecified atom stereocenters. The van der Waals surface area contributed by atoms with E-state index in [1.54, 1.807) is 7.05 Å². The number of ether oxygens (including phenoxy) is 1. The molecule has 0 amide bonds. The number of nitro benzene ring substituents is 1. The van der Waals surface area contributed by atoms with Crippen LogP contribution in [0.1, 0.15) is 16.2 Å². The molecule has 2 aromatic rings. The summed E-state index contributed by atoms with van der Waals surface area (Å²) in [6.45, 7) is -0.0465. The number of carbonyl (C=O) groups is 1. The van der Waals surface area contributed by atoms with E-state index < -0.39 is 4.92 Å². The van der Waals surface area contributed by atoms with Gasteiger partial charge in [0, 0.05) is 11.6 Å². The molecule has 0 atom stereocenters. The number of hydrogen-bond donors (Lipinski definition) is 0. The third kappa shape index (κ3) is 2.89. The zero-order chi connectivity index (χ0) is 13.8. The summed E-state index contributed by atoms with van der Waals surface area (Å²) in [4.78, 5) is 22.1. The quantitative estimate of drug-likeness (QED) is 0.438. The Labute approximate surface area is 106 Å². The molecule has 9 heteroatoms. The third-order valence-electron chi connectivity index (χ3n) is 2.22. The van der Waals surface area contributed by atoms with Crippen molar-refractivity contribution in [3.05, 3.63) is 39.7 Å². The predicted octanol–water partition coefficient (Wildman–Crippen LogP) is 0.510. The fraction of sp³-hybridized carbons (Fsp3) is 0.200. The number of aromatic nitrogens is 4. The molecule has 0 saturated heterocycles. The monoisotopic (exact) mass is 263 g/mol. The van der Waals surface area contributed by atoms with Crippen LogP contribution in [0.25, 0.3) is 0 Å². The average molecular weight is 263 g/mol. The number of tetrazole rings is 1. The van der Waals surface area contributed by atoms with Crippen LogP contribution in [0.4, 0.5) is 5.69 Å². The molecule has 0 fully saturated rings. The second-order valence-electron chi connectivity index (χ2n) is 3.59. The molecular weight excluding hydrogens is 254 g/mol. The lowest BCUT2D eigenvalue weighted by Crippen LogP contribution is -2.02. The molecule has 0 aliphatic carbocycles. The molecular formula is C10H9N5O4. The minimum atomic E-state index is -0.619. The van der Waals surface area contributed by atoms with Crippen LogP contribution in [-0.2, 0) is 13.7 Å². The molecule has 0 aliphatic heterocycles. The van der Waals surface area contributed by atoms with Crippen molar-refractivity contribution < 1.29 is 14.5 Å². The predicted molar refractivity (Wildman–Crippen MR) is 61.6 cm³/mol. The molecule has 2 rings (SSSR count). The van der Waals surface area contributed by atoms with E-state index in [1.165, 1.54) is 16.9 Å². The summed E-state index contributed by atoms with van der Waals surface area (Å²) in [5.41, 5.74) is -0.0785. The number of nitro groups is 1. The van der Waals surface area contributed by atoms with Crippen molar-refractivity contribution in [2.24, 2.45) is 7.05 Å². The van der Waals surface area contributed by atoms with Crippen LogP contribution in [-0.4, -0.2) is 31.4 Å². The molecule has 0 aliphatic rings. The van der Waals surface area contributed by atoms with Gasteiger partial charge < -0.3 is 4.74 Å². The van der Waals surface area contributed by atoms with E-state index in [0.717, 1.165) is 6.07 Å². The van der Waals surface area contributed by atoms with Crippen LogP contribution < -0.4 is 4.74 Å². The average Bonchev–Trinajstić information content (AvgIpc) is 2.82. The molecule has 0 N–H and O–H groups in total. The lowest BCUT2D eigenvalue weighted by atomic mass is 10.2. The molecule has 9 nitrogen and oxygen atoms in total. The van der Waals surface area contributed by atoms with Crippen LogP contribution >= 0.6 is 0 Å². The van der Waals surface area contributed by atoms with Crippen molar-refractivity contribution in [1.82, 2.24) is 20.2 Å². The van der Waals surface area contributed by atoms with Crippen LogP contribution in [0.15, 0.2) is 18.2 Å². The van der Waals surface area contributed by atoms with E-state index in [-0.39, 0.29) is 23.6 Å².